The van der Waals surface area contributed by atoms with Gasteiger partial charge in [0.1, 0.15) is 5.82 Å². The molecule has 6 heteroatoms. The Hall–Kier alpha value is -1.14. The van der Waals surface area contributed by atoms with E-state index in [9.17, 15) is 17.6 Å². The zero-order chi connectivity index (χ0) is 11.6. The molecule has 0 aromatic heterocycles. The summed E-state index contributed by atoms with van der Waals surface area (Å²) in [7, 11) is 0. The van der Waals surface area contributed by atoms with E-state index in [1.165, 1.54) is 6.07 Å². The lowest BCUT2D eigenvalue weighted by atomic mass is 10.1. The number of alkyl halides is 3. The standard InChI is InChI=1S/C9H10F4N2/c1-5(15-14)6-2-3-7(8(10)4-6)9(11,12)13/h2-5,15H,14H2,1H3/t5-/m0/s1. The van der Waals surface area contributed by atoms with Crippen LogP contribution in [0, 0.1) is 5.82 Å². The zero-order valence-electron chi connectivity index (χ0n) is 7.90. The third-order valence-corrected chi connectivity index (χ3v) is 2.05. The van der Waals surface area contributed by atoms with Gasteiger partial charge in [0.2, 0.25) is 0 Å². The van der Waals surface area contributed by atoms with Crippen LogP contribution in [0.25, 0.3) is 0 Å². The Morgan fingerprint density at radius 1 is 1.33 bits per heavy atom. The molecule has 0 fully saturated rings. The minimum atomic E-state index is -4.66. The molecule has 2 nitrogen and oxygen atoms in total. The van der Waals surface area contributed by atoms with Gasteiger partial charge in [-0.15, -0.1) is 0 Å². The summed E-state index contributed by atoms with van der Waals surface area (Å²) in [5.41, 5.74) is 1.41. The number of benzene rings is 1. The van der Waals surface area contributed by atoms with Gasteiger partial charge in [0, 0.05) is 6.04 Å². The normalized spacial score (nSPS) is 14.0. The first-order valence-electron chi connectivity index (χ1n) is 4.19. The van der Waals surface area contributed by atoms with Crippen LogP contribution >= 0.6 is 0 Å². The summed E-state index contributed by atoms with van der Waals surface area (Å²) in [4.78, 5) is 0. The first kappa shape index (κ1) is 11.9. The second kappa shape index (κ2) is 4.16. The van der Waals surface area contributed by atoms with Crippen molar-refractivity contribution in [3.63, 3.8) is 0 Å². The van der Waals surface area contributed by atoms with Crippen molar-refractivity contribution >= 4 is 0 Å². The second-order valence-electron chi connectivity index (χ2n) is 3.13. The van der Waals surface area contributed by atoms with Gasteiger partial charge in [-0.1, -0.05) is 6.07 Å². The zero-order valence-corrected chi connectivity index (χ0v) is 7.90. The maximum absolute atomic E-state index is 13.1. The molecule has 1 rings (SSSR count). The lowest BCUT2D eigenvalue weighted by Gasteiger charge is -2.13. The fourth-order valence-electron chi connectivity index (χ4n) is 1.13. The number of hydrogen-bond donors (Lipinski definition) is 2. The Bertz CT molecular complexity index is 348. The molecule has 0 aliphatic rings. The van der Waals surface area contributed by atoms with Crippen molar-refractivity contribution in [2.24, 2.45) is 5.84 Å². The van der Waals surface area contributed by atoms with E-state index in [-0.39, 0.29) is 0 Å². The first-order chi connectivity index (χ1) is 6.86. The topological polar surface area (TPSA) is 38.0 Å². The summed E-state index contributed by atoms with van der Waals surface area (Å²) >= 11 is 0. The van der Waals surface area contributed by atoms with Gasteiger partial charge in [-0.25, -0.2) is 4.39 Å². The highest BCUT2D eigenvalue weighted by atomic mass is 19.4. The van der Waals surface area contributed by atoms with Crippen molar-refractivity contribution in [3.8, 4) is 0 Å². The van der Waals surface area contributed by atoms with Crippen LogP contribution in [-0.2, 0) is 6.18 Å². The predicted octanol–water partition coefficient (Wildman–Crippen LogP) is 2.37. The first-order valence-corrected chi connectivity index (χ1v) is 4.19. The molecule has 0 aliphatic heterocycles. The largest absolute Gasteiger partial charge is 0.419 e. The molecular weight excluding hydrogens is 212 g/mol. The van der Waals surface area contributed by atoms with Crippen molar-refractivity contribution in [2.75, 3.05) is 0 Å². The molecule has 0 unspecified atom stereocenters. The van der Waals surface area contributed by atoms with Gasteiger partial charge in [-0.2, -0.15) is 13.2 Å². The van der Waals surface area contributed by atoms with Crippen LogP contribution in [0.1, 0.15) is 24.1 Å². The molecule has 0 saturated heterocycles. The van der Waals surface area contributed by atoms with Crippen LogP contribution in [0.4, 0.5) is 17.6 Å². The minimum Gasteiger partial charge on any atom is -0.271 e. The van der Waals surface area contributed by atoms with E-state index in [1.807, 2.05) is 0 Å². The van der Waals surface area contributed by atoms with Gasteiger partial charge in [0.15, 0.2) is 0 Å². The van der Waals surface area contributed by atoms with Crippen LogP contribution in [0.5, 0.6) is 0 Å². The van der Waals surface area contributed by atoms with Crippen molar-refractivity contribution in [2.45, 2.75) is 19.1 Å². The molecule has 0 spiro atoms. The van der Waals surface area contributed by atoms with E-state index in [4.69, 9.17) is 5.84 Å². The quantitative estimate of drug-likeness (QED) is 0.458. The Balaban J connectivity index is 3.09. The van der Waals surface area contributed by atoms with Gasteiger partial charge in [-0.05, 0) is 24.6 Å². The smallest absolute Gasteiger partial charge is 0.271 e. The highest BCUT2D eigenvalue weighted by molar-refractivity contribution is 5.28. The third kappa shape index (κ3) is 2.66. The summed E-state index contributed by atoms with van der Waals surface area (Å²) in [6.45, 7) is 1.61. The summed E-state index contributed by atoms with van der Waals surface area (Å²) in [5.74, 6) is 3.79. The third-order valence-electron chi connectivity index (χ3n) is 2.05. The molecule has 3 N–H and O–H groups in total. The van der Waals surface area contributed by atoms with Crippen LogP contribution < -0.4 is 11.3 Å². The molecule has 15 heavy (non-hydrogen) atoms. The summed E-state index contributed by atoms with van der Waals surface area (Å²) < 4.78 is 49.6. The summed E-state index contributed by atoms with van der Waals surface area (Å²) in [6.07, 6.45) is -4.66. The Morgan fingerprint density at radius 3 is 2.33 bits per heavy atom. The van der Waals surface area contributed by atoms with Crippen LogP contribution in [0.3, 0.4) is 0 Å². The number of halogens is 4. The maximum Gasteiger partial charge on any atom is 0.419 e. The van der Waals surface area contributed by atoms with Gasteiger partial charge in [-0.3, -0.25) is 11.3 Å². The van der Waals surface area contributed by atoms with Crippen molar-refractivity contribution in [1.82, 2.24) is 5.43 Å². The molecule has 0 saturated carbocycles. The minimum absolute atomic E-state index is 0.364. The van der Waals surface area contributed by atoms with E-state index in [0.717, 1.165) is 6.07 Å². The predicted molar refractivity (Wildman–Crippen MR) is 47.1 cm³/mol. The van der Waals surface area contributed by atoms with Crippen LogP contribution in [-0.4, -0.2) is 0 Å². The van der Waals surface area contributed by atoms with E-state index >= 15 is 0 Å². The molecular formula is C9H10F4N2. The van der Waals surface area contributed by atoms with Gasteiger partial charge in [0.25, 0.3) is 0 Å². The van der Waals surface area contributed by atoms with Gasteiger partial charge >= 0.3 is 6.18 Å². The van der Waals surface area contributed by atoms with E-state index in [1.54, 1.807) is 6.92 Å². The van der Waals surface area contributed by atoms with Crippen molar-refractivity contribution < 1.29 is 17.6 Å². The molecule has 84 valence electrons. The monoisotopic (exact) mass is 222 g/mol. The molecule has 1 aromatic rings. The fraction of sp³-hybridized carbons (Fsp3) is 0.333. The van der Waals surface area contributed by atoms with E-state index < -0.39 is 23.6 Å². The summed E-state index contributed by atoms with van der Waals surface area (Å²) in [5, 5.41) is 0. The number of hydrogen-bond acceptors (Lipinski definition) is 2. The molecule has 0 radical (unpaired) electrons. The maximum atomic E-state index is 13.1. The van der Waals surface area contributed by atoms with E-state index in [2.05, 4.69) is 5.43 Å². The summed E-state index contributed by atoms with van der Waals surface area (Å²) in [6, 6.07) is 2.32. The average molecular weight is 222 g/mol. The Kier molecular flexibility index (Phi) is 3.31. The molecule has 1 aromatic carbocycles. The lowest BCUT2D eigenvalue weighted by Crippen LogP contribution is -2.25. The second-order valence-corrected chi connectivity index (χ2v) is 3.13. The van der Waals surface area contributed by atoms with Crippen LogP contribution in [0.15, 0.2) is 18.2 Å². The number of nitrogens with one attached hydrogen (secondary N) is 1. The Morgan fingerprint density at radius 2 is 1.93 bits per heavy atom. The van der Waals surface area contributed by atoms with Crippen molar-refractivity contribution in [3.05, 3.63) is 35.1 Å². The molecule has 0 heterocycles. The van der Waals surface area contributed by atoms with Crippen molar-refractivity contribution in [1.29, 1.82) is 0 Å². The molecule has 1 atom stereocenters. The molecule has 0 amide bonds. The number of nitrogens with two attached hydrogens (primary N) is 1. The SMILES string of the molecule is C[C@H](NN)c1ccc(C(F)(F)F)c(F)c1. The Labute approximate surface area is 84.0 Å². The average Bonchev–Trinajstić information content (AvgIpc) is 2.14. The molecule has 0 bridgehead atoms. The molecule has 0 aliphatic carbocycles. The van der Waals surface area contributed by atoms with Crippen LogP contribution in [0.2, 0.25) is 0 Å². The highest BCUT2D eigenvalue weighted by Gasteiger charge is 2.34. The fourth-order valence-corrected chi connectivity index (χ4v) is 1.13. The number of rotatable bonds is 2. The highest BCUT2D eigenvalue weighted by Crippen LogP contribution is 2.32. The van der Waals surface area contributed by atoms with Gasteiger partial charge < -0.3 is 0 Å². The lowest BCUT2D eigenvalue weighted by molar-refractivity contribution is -0.140. The number of hydrazine groups is 1. The van der Waals surface area contributed by atoms with E-state index in [0.29, 0.717) is 11.6 Å². The van der Waals surface area contributed by atoms with Gasteiger partial charge in [0.05, 0.1) is 5.56 Å².